The first kappa shape index (κ1) is 21.5. The van der Waals surface area contributed by atoms with Crippen LogP contribution in [-0.2, 0) is 6.61 Å². The average Bonchev–Trinajstić information content (AvgIpc) is 3.24. The molecular formula is C24H31N3O4. The second-order valence-electron chi connectivity index (χ2n) is 8.14. The molecule has 2 fully saturated rings. The van der Waals surface area contributed by atoms with Crippen LogP contribution in [0.3, 0.4) is 0 Å². The lowest BCUT2D eigenvalue weighted by Crippen LogP contribution is -2.48. The molecule has 0 aromatic heterocycles. The van der Waals surface area contributed by atoms with Gasteiger partial charge < -0.3 is 29.7 Å². The molecule has 0 aliphatic carbocycles. The molecule has 2 N–H and O–H groups in total. The second-order valence-corrected chi connectivity index (χ2v) is 8.14. The van der Waals surface area contributed by atoms with Gasteiger partial charge in [0.25, 0.3) is 0 Å². The highest BCUT2D eigenvalue weighted by atomic mass is 16.5. The quantitative estimate of drug-likeness (QED) is 0.646. The molecule has 1 unspecified atom stereocenters. The van der Waals surface area contributed by atoms with Crippen molar-refractivity contribution in [3.63, 3.8) is 0 Å². The molecule has 0 spiro atoms. The smallest absolute Gasteiger partial charge is 0.317 e. The van der Waals surface area contributed by atoms with Gasteiger partial charge in [-0.25, -0.2) is 4.79 Å². The Hall–Kier alpha value is -2.77. The standard InChI is InChI=1S/C24H31N3O4/c28-21(16-26-13-10-20(11-14-26)27-15-12-25-24(27)29)18-31-23-9-5-4-8-22(23)30-17-19-6-2-1-3-7-19/h1-9,20-21,28H,10-18H2,(H,25,29). The number of carbonyl (C=O) groups is 1. The Bertz CT molecular complexity index is 840. The average molecular weight is 426 g/mol. The van der Waals surface area contributed by atoms with Crippen molar-refractivity contribution in [1.29, 1.82) is 0 Å². The zero-order valence-electron chi connectivity index (χ0n) is 17.8. The van der Waals surface area contributed by atoms with Gasteiger partial charge in [0.2, 0.25) is 0 Å². The molecule has 2 aromatic carbocycles. The highest BCUT2D eigenvalue weighted by Gasteiger charge is 2.31. The molecule has 7 heteroatoms. The number of para-hydroxylation sites is 2. The zero-order chi connectivity index (χ0) is 21.5. The number of hydrogen-bond donors (Lipinski definition) is 2. The van der Waals surface area contributed by atoms with E-state index in [0.29, 0.717) is 30.7 Å². The van der Waals surface area contributed by atoms with Crippen LogP contribution in [0.25, 0.3) is 0 Å². The Morgan fingerprint density at radius 3 is 2.32 bits per heavy atom. The lowest BCUT2D eigenvalue weighted by Gasteiger charge is -2.36. The fourth-order valence-electron chi connectivity index (χ4n) is 4.21. The molecule has 31 heavy (non-hydrogen) atoms. The Morgan fingerprint density at radius 2 is 1.65 bits per heavy atom. The van der Waals surface area contributed by atoms with Crippen molar-refractivity contribution in [1.82, 2.24) is 15.1 Å². The summed E-state index contributed by atoms with van der Waals surface area (Å²) >= 11 is 0. The third-order valence-electron chi connectivity index (χ3n) is 5.87. The second kappa shape index (κ2) is 10.5. The third kappa shape index (κ3) is 5.89. The summed E-state index contributed by atoms with van der Waals surface area (Å²) in [5, 5.41) is 13.4. The zero-order valence-corrected chi connectivity index (χ0v) is 17.8. The van der Waals surface area contributed by atoms with Gasteiger partial charge in [0.15, 0.2) is 11.5 Å². The number of nitrogens with one attached hydrogen (secondary N) is 1. The van der Waals surface area contributed by atoms with Gasteiger partial charge in [-0.2, -0.15) is 0 Å². The van der Waals surface area contributed by atoms with Gasteiger partial charge in [-0.1, -0.05) is 42.5 Å². The SMILES string of the molecule is O=C1NCCN1C1CCN(CC(O)COc2ccccc2OCc2ccccc2)CC1. The van der Waals surface area contributed by atoms with E-state index < -0.39 is 6.10 Å². The molecular weight excluding hydrogens is 394 g/mol. The molecule has 0 saturated carbocycles. The topological polar surface area (TPSA) is 74.3 Å². The number of amides is 2. The number of benzene rings is 2. The van der Waals surface area contributed by atoms with Crippen LogP contribution in [0.15, 0.2) is 54.6 Å². The van der Waals surface area contributed by atoms with Crippen molar-refractivity contribution >= 4 is 6.03 Å². The molecule has 2 amide bonds. The van der Waals surface area contributed by atoms with E-state index in [9.17, 15) is 9.90 Å². The molecule has 7 nitrogen and oxygen atoms in total. The predicted molar refractivity (Wildman–Crippen MR) is 118 cm³/mol. The summed E-state index contributed by atoms with van der Waals surface area (Å²) in [6, 6.07) is 17.9. The Kier molecular flexibility index (Phi) is 7.27. The Balaban J connectivity index is 1.21. The van der Waals surface area contributed by atoms with Crippen molar-refractivity contribution in [2.45, 2.75) is 31.6 Å². The number of ether oxygens (including phenoxy) is 2. The normalized spacial score (nSPS) is 18.6. The maximum absolute atomic E-state index is 11.8. The minimum Gasteiger partial charge on any atom is -0.487 e. The molecule has 2 aliphatic heterocycles. The minimum atomic E-state index is -0.589. The number of nitrogens with zero attached hydrogens (tertiary/aromatic N) is 2. The number of hydrogen-bond acceptors (Lipinski definition) is 5. The molecule has 4 rings (SSSR count). The van der Waals surface area contributed by atoms with Crippen molar-refractivity contribution in [3.05, 3.63) is 60.2 Å². The lowest BCUT2D eigenvalue weighted by atomic mass is 10.0. The number of aliphatic hydroxyl groups excluding tert-OH is 1. The first-order valence-electron chi connectivity index (χ1n) is 11.0. The van der Waals surface area contributed by atoms with Gasteiger partial charge in [0, 0.05) is 38.8 Å². The van der Waals surface area contributed by atoms with Gasteiger partial charge in [-0.05, 0) is 30.5 Å². The monoisotopic (exact) mass is 425 g/mol. The van der Waals surface area contributed by atoms with E-state index in [0.717, 1.165) is 44.6 Å². The highest BCUT2D eigenvalue weighted by molar-refractivity contribution is 5.76. The fraction of sp³-hybridized carbons (Fsp3) is 0.458. The first-order chi connectivity index (χ1) is 15.2. The van der Waals surface area contributed by atoms with Crippen molar-refractivity contribution in [2.24, 2.45) is 0 Å². The summed E-state index contributed by atoms with van der Waals surface area (Å²) in [4.78, 5) is 16.0. The molecule has 2 aromatic rings. The molecule has 2 aliphatic rings. The van der Waals surface area contributed by atoms with Crippen LogP contribution in [0.2, 0.25) is 0 Å². The predicted octanol–water partition coefficient (Wildman–Crippen LogP) is 2.49. The van der Waals surface area contributed by atoms with E-state index in [-0.39, 0.29) is 12.6 Å². The van der Waals surface area contributed by atoms with Gasteiger partial charge in [0.1, 0.15) is 19.3 Å². The summed E-state index contributed by atoms with van der Waals surface area (Å²) in [5.41, 5.74) is 1.09. The number of piperidine rings is 1. The molecule has 2 saturated heterocycles. The van der Waals surface area contributed by atoms with Crippen LogP contribution in [-0.4, -0.2) is 72.4 Å². The first-order valence-corrected chi connectivity index (χ1v) is 11.0. The highest BCUT2D eigenvalue weighted by Crippen LogP contribution is 2.27. The number of rotatable bonds is 9. The minimum absolute atomic E-state index is 0.0556. The van der Waals surface area contributed by atoms with E-state index >= 15 is 0 Å². The summed E-state index contributed by atoms with van der Waals surface area (Å²) < 4.78 is 11.8. The van der Waals surface area contributed by atoms with Crippen LogP contribution < -0.4 is 14.8 Å². The summed E-state index contributed by atoms with van der Waals surface area (Å²) in [6.45, 7) is 4.53. The van der Waals surface area contributed by atoms with Crippen molar-refractivity contribution in [2.75, 3.05) is 39.3 Å². The van der Waals surface area contributed by atoms with E-state index in [4.69, 9.17) is 9.47 Å². The number of aliphatic hydroxyl groups is 1. The number of likely N-dealkylation sites (tertiary alicyclic amines) is 1. The molecule has 166 valence electrons. The van der Waals surface area contributed by atoms with Gasteiger partial charge in [-0.3, -0.25) is 0 Å². The van der Waals surface area contributed by atoms with E-state index in [1.54, 1.807) is 0 Å². The van der Waals surface area contributed by atoms with Crippen molar-refractivity contribution in [3.8, 4) is 11.5 Å². The Morgan fingerprint density at radius 1 is 0.968 bits per heavy atom. The largest absolute Gasteiger partial charge is 0.487 e. The number of urea groups is 1. The van der Waals surface area contributed by atoms with E-state index in [2.05, 4.69) is 10.2 Å². The van der Waals surface area contributed by atoms with Gasteiger partial charge in [0.05, 0.1) is 0 Å². The van der Waals surface area contributed by atoms with Crippen LogP contribution >= 0.6 is 0 Å². The Labute approximate surface area is 183 Å². The fourth-order valence-corrected chi connectivity index (χ4v) is 4.21. The van der Waals surface area contributed by atoms with Gasteiger partial charge >= 0.3 is 6.03 Å². The molecule has 0 bridgehead atoms. The van der Waals surface area contributed by atoms with E-state index in [1.165, 1.54) is 0 Å². The lowest BCUT2D eigenvalue weighted by molar-refractivity contribution is 0.0499. The molecule has 2 heterocycles. The molecule has 1 atom stereocenters. The van der Waals surface area contributed by atoms with Crippen LogP contribution in [0, 0.1) is 0 Å². The van der Waals surface area contributed by atoms with Crippen LogP contribution in [0.4, 0.5) is 4.79 Å². The summed E-state index contributed by atoms with van der Waals surface area (Å²) in [7, 11) is 0. The van der Waals surface area contributed by atoms with Crippen molar-refractivity contribution < 1.29 is 19.4 Å². The van der Waals surface area contributed by atoms with E-state index in [1.807, 2.05) is 59.5 Å². The van der Waals surface area contributed by atoms with Crippen LogP contribution in [0.1, 0.15) is 18.4 Å². The number of β-amino-alcohol motifs (C(OH)–C–C–N with tert-alkyl or cyclic N) is 1. The van der Waals surface area contributed by atoms with Gasteiger partial charge in [-0.15, -0.1) is 0 Å². The number of carbonyl (C=O) groups excluding carboxylic acids is 1. The maximum atomic E-state index is 11.8. The summed E-state index contributed by atoms with van der Waals surface area (Å²) in [5.74, 6) is 1.31. The maximum Gasteiger partial charge on any atom is 0.317 e. The molecule has 0 radical (unpaired) electrons. The van der Waals surface area contributed by atoms with Crippen LogP contribution in [0.5, 0.6) is 11.5 Å². The third-order valence-corrected chi connectivity index (χ3v) is 5.87. The summed E-state index contributed by atoms with van der Waals surface area (Å²) in [6.07, 6.45) is 1.29.